The minimum absolute atomic E-state index is 0.192. The summed E-state index contributed by atoms with van der Waals surface area (Å²) in [4.78, 5) is 6.07. The van der Waals surface area contributed by atoms with Crippen LogP contribution in [0.5, 0.6) is 5.75 Å². The standard InChI is InChI=1S/C32H42N2O3S3/c1-22-8-10-23(11-9-22)29-31(39-40-32(29)38)24-18-25(20-33-14-4-2-6-27(33)12-16-35)30(37)26(19-24)21-34-15-5-3-7-28(34)13-17-36/h8-11,18-19,27-28,35-37H,2-7,12-17,20-21H2,1H3. The van der Waals surface area contributed by atoms with Crippen LogP contribution in [0.1, 0.15) is 68.1 Å². The van der Waals surface area contributed by atoms with Gasteiger partial charge in [0.05, 0.1) is 4.88 Å². The summed E-state index contributed by atoms with van der Waals surface area (Å²) in [5.41, 5.74) is 6.49. The average Bonchev–Trinajstić information content (AvgIpc) is 3.35. The van der Waals surface area contributed by atoms with Gasteiger partial charge in [-0.3, -0.25) is 9.80 Å². The van der Waals surface area contributed by atoms with Crippen molar-refractivity contribution in [2.24, 2.45) is 0 Å². The molecule has 5 rings (SSSR count). The Bertz CT molecular complexity index is 1270. The summed E-state index contributed by atoms with van der Waals surface area (Å²) in [6.07, 6.45) is 8.41. The van der Waals surface area contributed by atoms with Gasteiger partial charge < -0.3 is 15.3 Å². The molecule has 0 radical (unpaired) electrons. The summed E-state index contributed by atoms with van der Waals surface area (Å²) in [6, 6.07) is 13.6. The molecule has 0 aliphatic carbocycles. The quantitative estimate of drug-likeness (QED) is 0.167. The summed E-state index contributed by atoms with van der Waals surface area (Å²) >= 11 is 5.85. The van der Waals surface area contributed by atoms with Gasteiger partial charge in [-0.2, -0.15) is 0 Å². The van der Waals surface area contributed by atoms with Gasteiger partial charge in [0, 0.05) is 55.1 Å². The van der Waals surface area contributed by atoms with Crippen molar-refractivity contribution in [2.75, 3.05) is 26.3 Å². The lowest BCUT2D eigenvalue weighted by molar-refractivity contribution is 0.109. The molecular weight excluding hydrogens is 557 g/mol. The number of hydrogen-bond acceptors (Lipinski definition) is 8. The van der Waals surface area contributed by atoms with Crippen LogP contribution in [0.2, 0.25) is 0 Å². The molecular formula is C32H42N2O3S3. The first-order valence-corrected chi connectivity index (χ1v) is 17.3. The van der Waals surface area contributed by atoms with Gasteiger partial charge in [-0.1, -0.05) is 75.6 Å². The maximum Gasteiger partial charge on any atom is 0.124 e. The molecule has 8 heteroatoms. The van der Waals surface area contributed by atoms with Gasteiger partial charge >= 0.3 is 0 Å². The number of aliphatic hydroxyl groups is 2. The minimum Gasteiger partial charge on any atom is -0.507 e. The number of rotatable bonds is 10. The average molecular weight is 599 g/mol. The summed E-state index contributed by atoms with van der Waals surface area (Å²) in [5, 5.41) is 31.1. The number of nitrogens with zero attached hydrogens (tertiary/aromatic N) is 2. The Kier molecular flexibility index (Phi) is 10.4. The van der Waals surface area contributed by atoms with Gasteiger partial charge in [0.2, 0.25) is 0 Å². The van der Waals surface area contributed by atoms with Gasteiger partial charge in [0.15, 0.2) is 0 Å². The van der Waals surface area contributed by atoms with Crippen molar-refractivity contribution in [1.29, 1.82) is 0 Å². The highest BCUT2D eigenvalue weighted by atomic mass is 32.9. The van der Waals surface area contributed by atoms with E-state index in [9.17, 15) is 15.3 Å². The summed E-state index contributed by atoms with van der Waals surface area (Å²) in [5.74, 6) is 0.390. The van der Waals surface area contributed by atoms with Crippen LogP contribution in [0, 0.1) is 10.7 Å². The van der Waals surface area contributed by atoms with E-state index in [1.54, 1.807) is 20.7 Å². The fourth-order valence-electron chi connectivity index (χ4n) is 6.48. The van der Waals surface area contributed by atoms with E-state index < -0.39 is 0 Å². The number of piperidine rings is 2. The second-order valence-electron chi connectivity index (χ2n) is 11.4. The number of phenolic OH excluding ortho intramolecular Hbond substituents is 1. The monoisotopic (exact) mass is 598 g/mol. The summed E-state index contributed by atoms with van der Waals surface area (Å²) in [7, 11) is 3.37. The Morgan fingerprint density at radius 1 is 0.800 bits per heavy atom. The highest BCUT2D eigenvalue weighted by molar-refractivity contribution is 7.80. The maximum atomic E-state index is 11.7. The van der Waals surface area contributed by atoms with Crippen LogP contribution in [0.25, 0.3) is 21.6 Å². The molecule has 2 unspecified atom stereocenters. The Balaban J connectivity index is 1.56. The zero-order valence-electron chi connectivity index (χ0n) is 23.5. The Labute approximate surface area is 251 Å². The number of benzene rings is 2. The molecule has 0 spiro atoms. The van der Waals surface area contributed by atoms with E-state index in [4.69, 9.17) is 12.2 Å². The highest BCUT2D eigenvalue weighted by Crippen LogP contribution is 2.44. The first-order chi connectivity index (χ1) is 19.5. The van der Waals surface area contributed by atoms with Crippen LogP contribution in [0.15, 0.2) is 36.4 Å². The van der Waals surface area contributed by atoms with E-state index >= 15 is 0 Å². The van der Waals surface area contributed by atoms with Crippen molar-refractivity contribution in [1.82, 2.24) is 9.80 Å². The van der Waals surface area contributed by atoms with Crippen molar-refractivity contribution >= 4 is 32.9 Å². The number of aryl methyl sites for hydroxylation is 1. The normalized spacial score (nSPS) is 20.7. The molecule has 3 aromatic rings. The first kappa shape index (κ1) is 29.8. The molecule has 2 aromatic carbocycles. The van der Waals surface area contributed by atoms with Gasteiger partial charge in [-0.15, -0.1) is 0 Å². The van der Waals surface area contributed by atoms with Crippen molar-refractivity contribution in [3.63, 3.8) is 0 Å². The second kappa shape index (κ2) is 14.0. The Morgan fingerprint density at radius 3 is 1.88 bits per heavy atom. The van der Waals surface area contributed by atoms with Crippen molar-refractivity contribution < 1.29 is 15.3 Å². The molecule has 2 atom stereocenters. The van der Waals surface area contributed by atoms with E-state index in [1.807, 2.05) is 0 Å². The van der Waals surface area contributed by atoms with E-state index in [-0.39, 0.29) is 13.2 Å². The van der Waals surface area contributed by atoms with Crippen LogP contribution >= 0.6 is 32.9 Å². The largest absolute Gasteiger partial charge is 0.507 e. The predicted octanol–water partition coefficient (Wildman–Crippen LogP) is 7.36. The highest BCUT2D eigenvalue weighted by Gasteiger charge is 2.27. The molecule has 2 saturated heterocycles. The van der Waals surface area contributed by atoms with Crippen LogP contribution in [0.3, 0.4) is 0 Å². The molecule has 1 aromatic heterocycles. The molecule has 0 saturated carbocycles. The van der Waals surface area contributed by atoms with Gasteiger partial charge in [-0.25, -0.2) is 0 Å². The molecule has 0 amide bonds. The van der Waals surface area contributed by atoms with Crippen molar-refractivity contribution in [3.05, 3.63) is 56.9 Å². The smallest absolute Gasteiger partial charge is 0.124 e. The van der Waals surface area contributed by atoms with Gasteiger partial charge in [0.25, 0.3) is 0 Å². The minimum atomic E-state index is 0.192. The number of aliphatic hydroxyl groups excluding tert-OH is 2. The SMILES string of the molecule is Cc1ccc(-c2c(-c3cc(CN4CCCCC4CCO)c(O)c(CN4CCCCC4CCO)c3)ssc2=S)cc1. The lowest BCUT2D eigenvalue weighted by atomic mass is 9.94. The van der Waals surface area contributed by atoms with E-state index in [2.05, 4.69) is 53.1 Å². The molecule has 2 aliphatic heterocycles. The maximum absolute atomic E-state index is 11.7. The number of aromatic hydroxyl groups is 1. The van der Waals surface area contributed by atoms with Gasteiger partial charge in [-0.05, 0) is 81.8 Å². The zero-order valence-corrected chi connectivity index (χ0v) is 25.9. The second-order valence-corrected chi connectivity index (χ2v) is 14.2. The molecule has 2 aliphatic rings. The summed E-state index contributed by atoms with van der Waals surface area (Å²) < 4.78 is 0.901. The zero-order chi connectivity index (χ0) is 28.1. The number of hydrogen-bond donors (Lipinski definition) is 3. The molecule has 3 N–H and O–H groups in total. The molecule has 40 heavy (non-hydrogen) atoms. The van der Waals surface area contributed by atoms with E-state index in [0.29, 0.717) is 30.9 Å². The predicted molar refractivity (Wildman–Crippen MR) is 170 cm³/mol. The molecule has 5 nitrogen and oxygen atoms in total. The Morgan fingerprint density at radius 2 is 1.35 bits per heavy atom. The van der Waals surface area contributed by atoms with Crippen molar-refractivity contribution in [2.45, 2.75) is 83.5 Å². The van der Waals surface area contributed by atoms with Crippen LogP contribution in [0.4, 0.5) is 0 Å². The third kappa shape index (κ3) is 6.86. The number of likely N-dealkylation sites (tertiary alicyclic amines) is 2. The first-order valence-electron chi connectivity index (χ1n) is 14.7. The van der Waals surface area contributed by atoms with Crippen LogP contribution in [-0.2, 0) is 13.1 Å². The number of phenols is 1. The Hall–Kier alpha value is -1.65. The fraction of sp³-hybridized carbons (Fsp3) is 0.531. The molecule has 216 valence electrons. The lowest BCUT2D eigenvalue weighted by Gasteiger charge is -2.37. The van der Waals surface area contributed by atoms with E-state index in [1.165, 1.54) is 18.4 Å². The summed E-state index contributed by atoms with van der Waals surface area (Å²) in [6.45, 7) is 5.80. The lowest BCUT2D eigenvalue weighted by Crippen LogP contribution is -2.40. The third-order valence-corrected chi connectivity index (χ3v) is 11.7. The van der Waals surface area contributed by atoms with Crippen molar-refractivity contribution in [3.8, 4) is 27.3 Å². The van der Waals surface area contributed by atoms with Gasteiger partial charge in [0.1, 0.15) is 9.57 Å². The topological polar surface area (TPSA) is 67.2 Å². The molecule has 2 fully saturated rings. The molecule has 0 bridgehead atoms. The van der Waals surface area contributed by atoms with E-state index in [0.717, 1.165) is 88.1 Å². The van der Waals surface area contributed by atoms with Crippen LogP contribution in [-0.4, -0.2) is 63.5 Å². The molecule has 3 heterocycles. The third-order valence-electron chi connectivity index (χ3n) is 8.67. The van der Waals surface area contributed by atoms with Crippen LogP contribution < -0.4 is 0 Å². The fourth-order valence-corrected chi connectivity index (χ4v) is 9.38.